The maximum absolute atomic E-state index is 13.1. The molecule has 0 fully saturated rings. The quantitative estimate of drug-likeness (QED) is 0.891. The molecule has 1 aromatic carbocycles. The Hall–Kier alpha value is -2.15. The third kappa shape index (κ3) is 3.54. The van der Waals surface area contributed by atoms with Crippen LogP contribution >= 0.6 is 0 Å². The first-order chi connectivity index (χ1) is 10.5. The largest absolute Gasteiger partial charge is 0.417 e. The first kappa shape index (κ1) is 16.2. The van der Waals surface area contributed by atoms with Crippen molar-refractivity contribution >= 4 is 5.69 Å². The fourth-order valence-corrected chi connectivity index (χ4v) is 2.10. The third-order valence-electron chi connectivity index (χ3n) is 3.14. The Labute approximate surface area is 126 Å². The highest BCUT2D eigenvalue weighted by Gasteiger charge is 2.34. The summed E-state index contributed by atoms with van der Waals surface area (Å²) in [5.41, 5.74) is 6.03. The van der Waals surface area contributed by atoms with Crippen LogP contribution in [0.4, 0.5) is 18.9 Å². The number of hydrogen-bond donors (Lipinski definition) is 2. The van der Waals surface area contributed by atoms with E-state index < -0.39 is 11.7 Å². The molecular formula is C15H17F3N4. The predicted octanol–water partition coefficient (Wildman–Crippen LogP) is 3.10. The zero-order chi connectivity index (χ0) is 16.2. The van der Waals surface area contributed by atoms with Gasteiger partial charge in [0.15, 0.2) is 5.82 Å². The molecule has 118 valence electrons. The minimum Gasteiger partial charge on any atom is -0.381 e. The molecule has 0 radical (unpaired) electrons. The number of aromatic nitrogens is 2. The summed E-state index contributed by atoms with van der Waals surface area (Å²) in [6.07, 6.45) is -2.36. The Morgan fingerprint density at radius 3 is 2.59 bits per heavy atom. The van der Waals surface area contributed by atoms with Gasteiger partial charge in [-0.25, -0.2) is 9.97 Å². The van der Waals surface area contributed by atoms with Crippen LogP contribution in [0.1, 0.15) is 18.2 Å². The molecule has 0 aliphatic rings. The summed E-state index contributed by atoms with van der Waals surface area (Å²) in [7, 11) is 0. The van der Waals surface area contributed by atoms with E-state index in [2.05, 4.69) is 15.3 Å². The fraction of sp³-hybridized carbons (Fsp3) is 0.333. The smallest absolute Gasteiger partial charge is 0.381 e. The zero-order valence-corrected chi connectivity index (χ0v) is 12.1. The Morgan fingerprint density at radius 2 is 1.95 bits per heavy atom. The van der Waals surface area contributed by atoms with Gasteiger partial charge < -0.3 is 11.1 Å². The van der Waals surface area contributed by atoms with E-state index >= 15 is 0 Å². The van der Waals surface area contributed by atoms with Gasteiger partial charge in [-0.1, -0.05) is 25.1 Å². The maximum Gasteiger partial charge on any atom is 0.417 e. The second-order valence-corrected chi connectivity index (χ2v) is 4.67. The van der Waals surface area contributed by atoms with Crippen LogP contribution < -0.4 is 11.1 Å². The van der Waals surface area contributed by atoms with Crippen molar-refractivity contribution < 1.29 is 13.2 Å². The van der Waals surface area contributed by atoms with Crippen LogP contribution in [0.5, 0.6) is 0 Å². The van der Waals surface area contributed by atoms with Crippen LogP contribution in [0.15, 0.2) is 30.5 Å². The fourth-order valence-electron chi connectivity index (χ4n) is 2.10. The second kappa shape index (κ2) is 6.74. The van der Waals surface area contributed by atoms with Gasteiger partial charge in [0.05, 0.1) is 23.1 Å². The molecule has 1 aromatic heterocycles. The molecule has 1 heterocycles. The summed E-state index contributed by atoms with van der Waals surface area (Å²) in [6.45, 7) is 2.88. The van der Waals surface area contributed by atoms with Crippen LogP contribution in [0.2, 0.25) is 0 Å². The van der Waals surface area contributed by atoms with E-state index in [4.69, 9.17) is 5.73 Å². The molecule has 0 aliphatic heterocycles. The van der Waals surface area contributed by atoms with E-state index in [1.807, 2.05) is 6.92 Å². The standard InChI is InChI=1S/C15H17F3N4/c1-2-12-13(20-8-7-19)9-21-14(22-12)10-5-3-4-6-11(10)15(16,17)18/h3-6,9,20H,2,7-8,19H2,1H3. The average Bonchev–Trinajstić information content (AvgIpc) is 2.52. The molecule has 0 aliphatic carbocycles. The first-order valence-corrected chi connectivity index (χ1v) is 6.93. The first-order valence-electron chi connectivity index (χ1n) is 6.93. The molecule has 0 saturated heterocycles. The van der Waals surface area contributed by atoms with Crippen LogP contribution in [0.25, 0.3) is 11.4 Å². The van der Waals surface area contributed by atoms with Crippen molar-refractivity contribution in [2.75, 3.05) is 18.4 Å². The number of nitrogens with two attached hydrogens (primary N) is 1. The Morgan fingerprint density at radius 1 is 1.23 bits per heavy atom. The normalized spacial score (nSPS) is 11.5. The van der Waals surface area contributed by atoms with Gasteiger partial charge in [-0.2, -0.15) is 13.2 Å². The van der Waals surface area contributed by atoms with Gasteiger partial charge in [-0.15, -0.1) is 0 Å². The Balaban J connectivity index is 2.46. The van der Waals surface area contributed by atoms with Gasteiger partial charge in [-0.05, 0) is 12.5 Å². The lowest BCUT2D eigenvalue weighted by Crippen LogP contribution is -2.15. The number of hydrogen-bond acceptors (Lipinski definition) is 4. The van der Waals surface area contributed by atoms with Crippen molar-refractivity contribution in [2.45, 2.75) is 19.5 Å². The number of halogens is 3. The molecule has 0 amide bonds. The topological polar surface area (TPSA) is 63.8 Å². The third-order valence-corrected chi connectivity index (χ3v) is 3.14. The van der Waals surface area contributed by atoms with Crippen LogP contribution in [-0.2, 0) is 12.6 Å². The van der Waals surface area contributed by atoms with Crippen molar-refractivity contribution in [3.05, 3.63) is 41.7 Å². The lowest BCUT2D eigenvalue weighted by atomic mass is 10.1. The average molecular weight is 310 g/mol. The SMILES string of the molecule is CCc1nc(-c2ccccc2C(F)(F)F)ncc1NCCN. The van der Waals surface area contributed by atoms with Gasteiger partial charge in [0.25, 0.3) is 0 Å². The number of rotatable bonds is 5. The summed E-state index contributed by atoms with van der Waals surface area (Å²) >= 11 is 0. The van der Waals surface area contributed by atoms with Gasteiger partial charge in [0, 0.05) is 18.7 Å². The van der Waals surface area contributed by atoms with E-state index in [1.54, 1.807) is 6.07 Å². The van der Waals surface area contributed by atoms with Gasteiger partial charge in [-0.3, -0.25) is 0 Å². The van der Waals surface area contributed by atoms with E-state index in [0.717, 1.165) is 6.07 Å². The number of anilines is 1. The van der Waals surface area contributed by atoms with Gasteiger partial charge >= 0.3 is 6.18 Å². The number of benzene rings is 1. The molecule has 0 unspecified atom stereocenters. The molecule has 3 N–H and O–H groups in total. The Bertz CT molecular complexity index is 641. The molecule has 22 heavy (non-hydrogen) atoms. The molecule has 0 spiro atoms. The summed E-state index contributed by atoms with van der Waals surface area (Å²) in [5, 5.41) is 3.07. The van der Waals surface area contributed by atoms with Crippen molar-refractivity contribution in [2.24, 2.45) is 5.73 Å². The molecule has 2 rings (SSSR count). The minimum absolute atomic E-state index is 0.0184. The van der Waals surface area contributed by atoms with E-state index in [0.29, 0.717) is 30.9 Å². The highest BCUT2D eigenvalue weighted by atomic mass is 19.4. The molecule has 4 nitrogen and oxygen atoms in total. The highest BCUT2D eigenvalue weighted by molar-refractivity contribution is 5.63. The van der Waals surface area contributed by atoms with Gasteiger partial charge in [0.2, 0.25) is 0 Å². The summed E-state index contributed by atoms with van der Waals surface area (Å²) in [5.74, 6) is 0.0723. The van der Waals surface area contributed by atoms with Gasteiger partial charge in [0.1, 0.15) is 0 Å². The van der Waals surface area contributed by atoms with Crippen molar-refractivity contribution in [3.8, 4) is 11.4 Å². The summed E-state index contributed by atoms with van der Waals surface area (Å²) in [4.78, 5) is 8.34. The van der Waals surface area contributed by atoms with Crippen molar-refractivity contribution in [1.82, 2.24) is 9.97 Å². The Kier molecular flexibility index (Phi) is 4.97. The van der Waals surface area contributed by atoms with Crippen LogP contribution in [-0.4, -0.2) is 23.1 Å². The zero-order valence-electron chi connectivity index (χ0n) is 12.1. The molecule has 0 bridgehead atoms. The van der Waals surface area contributed by atoms with Crippen LogP contribution in [0.3, 0.4) is 0 Å². The minimum atomic E-state index is -4.44. The number of nitrogens with zero attached hydrogens (tertiary/aromatic N) is 2. The maximum atomic E-state index is 13.1. The van der Waals surface area contributed by atoms with Crippen LogP contribution in [0, 0.1) is 0 Å². The summed E-state index contributed by atoms with van der Waals surface area (Å²) in [6, 6.07) is 5.31. The number of aryl methyl sites for hydroxylation is 1. The molecule has 0 atom stereocenters. The lowest BCUT2D eigenvalue weighted by molar-refractivity contribution is -0.137. The van der Waals surface area contributed by atoms with E-state index in [-0.39, 0.29) is 11.4 Å². The second-order valence-electron chi connectivity index (χ2n) is 4.67. The highest BCUT2D eigenvalue weighted by Crippen LogP contribution is 2.36. The summed E-state index contributed by atoms with van der Waals surface area (Å²) < 4.78 is 39.2. The van der Waals surface area contributed by atoms with Crippen molar-refractivity contribution in [3.63, 3.8) is 0 Å². The molecule has 7 heteroatoms. The molecule has 0 saturated carbocycles. The van der Waals surface area contributed by atoms with Crippen molar-refractivity contribution in [1.29, 1.82) is 0 Å². The monoisotopic (exact) mass is 310 g/mol. The number of alkyl halides is 3. The predicted molar refractivity (Wildman–Crippen MR) is 79.4 cm³/mol. The lowest BCUT2D eigenvalue weighted by Gasteiger charge is -2.14. The van der Waals surface area contributed by atoms with E-state index in [9.17, 15) is 13.2 Å². The number of nitrogens with one attached hydrogen (secondary N) is 1. The molecule has 2 aromatic rings. The van der Waals surface area contributed by atoms with E-state index in [1.165, 1.54) is 18.3 Å². The molecular weight excluding hydrogens is 293 g/mol.